The Morgan fingerprint density at radius 3 is 2.60 bits per heavy atom. The van der Waals surface area contributed by atoms with Crippen molar-refractivity contribution in [3.05, 3.63) is 84.4 Å². The van der Waals surface area contributed by atoms with Gasteiger partial charge >= 0.3 is 0 Å². The van der Waals surface area contributed by atoms with E-state index < -0.39 is 0 Å². The summed E-state index contributed by atoms with van der Waals surface area (Å²) in [5, 5.41) is 14.2. The van der Waals surface area contributed by atoms with Gasteiger partial charge in [-0.15, -0.1) is 5.10 Å². The van der Waals surface area contributed by atoms with Crippen molar-refractivity contribution in [1.82, 2.24) is 20.2 Å². The lowest BCUT2D eigenvalue weighted by Crippen LogP contribution is -2.15. The lowest BCUT2D eigenvalue weighted by atomic mass is 10.0. The molecular formula is C22H15FN6O. The molecule has 1 aliphatic heterocycles. The van der Waals surface area contributed by atoms with E-state index in [2.05, 4.69) is 20.8 Å². The van der Waals surface area contributed by atoms with Gasteiger partial charge in [0.15, 0.2) is 0 Å². The number of rotatable bonds is 3. The molecule has 0 spiro atoms. The number of aliphatic imine (C=N–C) groups is 1. The summed E-state index contributed by atoms with van der Waals surface area (Å²) >= 11 is 0. The molecule has 0 fully saturated rings. The minimum atomic E-state index is -0.312. The molecule has 30 heavy (non-hydrogen) atoms. The molecule has 4 aromatic rings. The zero-order valence-corrected chi connectivity index (χ0v) is 15.7. The number of anilines is 1. The van der Waals surface area contributed by atoms with E-state index in [0.717, 1.165) is 22.4 Å². The number of nitrogens with zero attached hydrogens (tertiary/aromatic N) is 5. The van der Waals surface area contributed by atoms with Gasteiger partial charge in [0.25, 0.3) is 0 Å². The average molecular weight is 398 g/mol. The quantitative estimate of drug-likeness (QED) is 0.567. The van der Waals surface area contributed by atoms with Gasteiger partial charge in [-0.1, -0.05) is 36.4 Å². The second-order valence-electron chi connectivity index (χ2n) is 6.79. The highest BCUT2D eigenvalue weighted by molar-refractivity contribution is 6.18. The number of halogens is 1. The van der Waals surface area contributed by atoms with E-state index in [0.29, 0.717) is 17.1 Å². The second kappa shape index (κ2) is 7.32. The van der Waals surface area contributed by atoms with Crippen molar-refractivity contribution in [3.63, 3.8) is 0 Å². The number of aromatic nitrogens is 4. The molecular weight excluding hydrogens is 383 g/mol. The normalized spacial score (nSPS) is 13.2. The van der Waals surface area contributed by atoms with E-state index in [-0.39, 0.29) is 18.1 Å². The fourth-order valence-electron chi connectivity index (χ4n) is 3.43. The molecule has 0 aliphatic carbocycles. The number of tetrazole rings is 1. The minimum absolute atomic E-state index is 0.122. The largest absolute Gasteiger partial charge is 0.323 e. The summed E-state index contributed by atoms with van der Waals surface area (Å²) in [6.07, 6.45) is 1.63. The highest BCUT2D eigenvalue weighted by Gasteiger charge is 2.20. The summed E-state index contributed by atoms with van der Waals surface area (Å²) in [5.74, 6) is -0.484. The van der Waals surface area contributed by atoms with Crippen LogP contribution in [0.1, 0.15) is 12.0 Å². The SMILES string of the molecule is O=C1CC(c2cccc(-n3cnnn3)c2)=Nc2cccc(-c3ccc(F)cc3)c2N1. The molecule has 0 bridgehead atoms. The van der Waals surface area contributed by atoms with E-state index in [9.17, 15) is 9.18 Å². The summed E-state index contributed by atoms with van der Waals surface area (Å²) in [6, 6.07) is 19.3. The van der Waals surface area contributed by atoms with Gasteiger partial charge in [-0.2, -0.15) is 0 Å². The first-order chi connectivity index (χ1) is 14.7. The number of benzene rings is 3. The third-order valence-corrected chi connectivity index (χ3v) is 4.84. The van der Waals surface area contributed by atoms with Crippen LogP contribution in [0, 0.1) is 5.82 Å². The molecule has 7 nitrogen and oxygen atoms in total. The van der Waals surface area contributed by atoms with Gasteiger partial charge in [-0.05, 0) is 51.9 Å². The average Bonchev–Trinajstić information content (AvgIpc) is 3.24. The maximum atomic E-state index is 13.3. The Balaban J connectivity index is 1.60. The van der Waals surface area contributed by atoms with Crippen molar-refractivity contribution in [1.29, 1.82) is 0 Å². The van der Waals surface area contributed by atoms with Crippen LogP contribution >= 0.6 is 0 Å². The van der Waals surface area contributed by atoms with Gasteiger partial charge in [-0.25, -0.2) is 9.07 Å². The number of hydrogen-bond donors (Lipinski definition) is 1. The third-order valence-electron chi connectivity index (χ3n) is 4.84. The Labute approximate surface area is 170 Å². The summed E-state index contributed by atoms with van der Waals surface area (Å²) in [5.41, 5.74) is 5.05. The molecule has 0 saturated carbocycles. The summed E-state index contributed by atoms with van der Waals surface area (Å²) in [4.78, 5) is 17.5. The lowest BCUT2D eigenvalue weighted by molar-refractivity contribution is -0.115. The predicted molar refractivity (Wildman–Crippen MR) is 110 cm³/mol. The number of carbonyl (C=O) groups excluding carboxylic acids is 1. The number of hydrogen-bond acceptors (Lipinski definition) is 5. The predicted octanol–water partition coefficient (Wildman–Crippen LogP) is 3.93. The van der Waals surface area contributed by atoms with Gasteiger partial charge < -0.3 is 5.32 Å². The van der Waals surface area contributed by atoms with Crippen LogP contribution in [0.25, 0.3) is 16.8 Å². The van der Waals surface area contributed by atoms with Crippen molar-refractivity contribution in [2.24, 2.45) is 4.99 Å². The van der Waals surface area contributed by atoms with Crippen LogP contribution in [0.5, 0.6) is 0 Å². The number of fused-ring (bicyclic) bond motifs is 1. The zero-order valence-electron chi connectivity index (χ0n) is 15.7. The maximum Gasteiger partial charge on any atom is 0.230 e. The van der Waals surface area contributed by atoms with Crippen LogP contribution < -0.4 is 5.32 Å². The lowest BCUT2D eigenvalue weighted by Gasteiger charge is -2.11. The standard InChI is InChI=1S/C22H15FN6O/c23-16-9-7-14(8-10-16)18-5-2-6-19-22(18)26-21(30)12-20(25-19)15-3-1-4-17(11-15)29-13-24-27-28-29/h1-11,13H,12H2,(H,26,30). The first-order valence-electron chi connectivity index (χ1n) is 9.27. The van der Waals surface area contributed by atoms with Gasteiger partial charge in [0.1, 0.15) is 12.1 Å². The first-order valence-corrected chi connectivity index (χ1v) is 9.27. The van der Waals surface area contributed by atoms with E-state index >= 15 is 0 Å². The molecule has 0 unspecified atom stereocenters. The number of para-hydroxylation sites is 1. The van der Waals surface area contributed by atoms with Gasteiger partial charge in [-0.3, -0.25) is 9.79 Å². The molecule has 1 aliphatic rings. The van der Waals surface area contributed by atoms with Crippen molar-refractivity contribution >= 4 is 23.0 Å². The number of amides is 1. The smallest absolute Gasteiger partial charge is 0.230 e. The van der Waals surface area contributed by atoms with Crippen LogP contribution in [0.15, 0.2) is 78.0 Å². The Morgan fingerprint density at radius 1 is 0.967 bits per heavy atom. The van der Waals surface area contributed by atoms with Crippen LogP contribution in [0.3, 0.4) is 0 Å². The first kappa shape index (κ1) is 17.9. The van der Waals surface area contributed by atoms with E-state index in [4.69, 9.17) is 4.99 Å². The molecule has 5 rings (SSSR count). The minimum Gasteiger partial charge on any atom is -0.323 e. The van der Waals surface area contributed by atoms with E-state index in [1.807, 2.05) is 42.5 Å². The fourth-order valence-corrected chi connectivity index (χ4v) is 3.43. The molecule has 3 aromatic carbocycles. The molecule has 8 heteroatoms. The van der Waals surface area contributed by atoms with Gasteiger partial charge in [0.05, 0.1) is 29.2 Å². The number of nitrogens with one attached hydrogen (secondary N) is 1. The van der Waals surface area contributed by atoms with Gasteiger partial charge in [0.2, 0.25) is 5.91 Å². The summed E-state index contributed by atoms with van der Waals surface area (Å²) in [6.45, 7) is 0. The highest BCUT2D eigenvalue weighted by Crippen LogP contribution is 2.38. The van der Waals surface area contributed by atoms with Crippen molar-refractivity contribution in [2.75, 3.05) is 5.32 Å². The Bertz CT molecular complexity index is 1270. The number of carbonyl (C=O) groups is 1. The molecule has 0 atom stereocenters. The van der Waals surface area contributed by atoms with Crippen LogP contribution in [0.2, 0.25) is 0 Å². The Morgan fingerprint density at radius 2 is 1.80 bits per heavy atom. The topological polar surface area (TPSA) is 85.1 Å². The molecule has 1 aromatic heterocycles. The third kappa shape index (κ3) is 3.35. The second-order valence-corrected chi connectivity index (χ2v) is 6.79. The fraction of sp³-hybridized carbons (Fsp3) is 0.0455. The summed E-state index contributed by atoms with van der Waals surface area (Å²) < 4.78 is 14.9. The molecule has 146 valence electrons. The van der Waals surface area contributed by atoms with Crippen molar-refractivity contribution < 1.29 is 9.18 Å². The molecule has 2 heterocycles. The highest BCUT2D eigenvalue weighted by atomic mass is 19.1. The molecule has 1 N–H and O–H groups in total. The summed E-state index contributed by atoms with van der Waals surface area (Å²) in [7, 11) is 0. The van der Waals surface area contributed by atoms with Gasteiger partial charge in [0, 0.05) is 5.56 Å². The zero-order chi connectivity index (χ0) is 20.5. The van der Waals surface area contributed by atoms with Crippen LogP contribution in [-0.4, -0.2) is 31.8 Å². The molecule has 0 radical (unpaired) electrons. The Kier molecular flexibility index (Phi) is 4.36. The van der Waals surface area contributed by atoms with Crippen molar-refractivity contribution in [2.45, 2.75) is 6.42 Å². The maximum absolute atomic E-state index is 13.3. The van der Waals surface area contributed by atoms with Crippen LogP contribution in [-0.2, 0) is 4.79 Å². The monoisotopic (exact) mass is 398 g/mol. The van der Waals surface area contributed by atoms with Crippen LogP contribution in [0.4, 0.5) is 15.8 Å². The Hall–Kier alpha value is -4.20. The molecule has 0 saturated heterocycles. The van der Waals surface area contributed by atoms with E-state index in [1.54, 1.807) is 16.8 Å². The van der Waals surface area contributed by atoms with E-state index in [1.165, 1.54) is 18.5 Å². The molecule has 1 amide bonds. The van der Waals surface area contributed by atoms with Crippen molar-refractivity contribution in [3.8, 4) is 16.8 Å².